The highest BCUT2D eigenvalue weighted by Crippen LogP contribution is 2.19. The highest BCUT2D eigenvalue weighted by Gasteiger charge is 2.33. The Morgan fingerprint density at radius 1 is 1.42 bits per heavy atom. The molecule has 0 radical (unpaired) electrons. The summed E-state index contributed by atoms with van der Waals surface area (Å²) in [5, 5.41) is 6.05. The highest BCUT2D eigenvalue weighted by molar-refractivity contribution is 7.99. The standard InChI is InChI=1S/C16H22N4O3S/c1-10-2-3-12(15(22)19-10)14(21)18-8-11-6-13(17-7-11)16(23)20-4-5-24-9-20/h2-3,11,13,17H,4-9H2,1H3,(H,18,21)(H,19,22). The number of aromatic amines is 1. The first-order chi connectivity index (χ1) is 11.5. The smallest absolute Gasteiger partial charge is 0.260 e. The first kappa shape index (κ1) is 17.0. The average Bonchev–Trinajstić information content (AvgIpc) is 3.24. The third-order valence-electron chi connectivity index (χ3n) is 4.44. The lowest BCUT2D eigenvalue weighted by atomic mass is 10.0. The first-order valence-electron chi connectivity index (χ1n) is 8.12. The molecule has 3 N–H and O–H groups in total. The SMILES string of the molecule is Cc1ccc(C(=O)NCC2CNC(C(=O)N3CCSC3)C2)c(=O)[nH]1. The third-order valence-corrected chi connectivity index (χ3v) is 5.40. The zero-order chi connectivity index (χ0) is 17.1. The quantitative estimate of drug-likeness (QED) is 0.706. The van der Waals surface area contributed by atoms with Gasteiger partial charge in [-0.15, -0.1) is 11.8 Å². The van der Waals surface area contributed by atoms with Gasteiger partial charge in [0.05, 0.1) is 11.9 Å². The van der Waals surface area contributed by atoms with Crippen molar-refractivity contribution >= 4 is 23.6 Å². The Balaban J connectivity index is 1.50. The van der Waals surface area contributed by atoms with Crippen LogP contribution in [-0.4, -0.2) is 59.0 Å². The Labute approximate surface area is 144 Å². The fourth-order valence-electron chi connectivity index (χ4n) is 3.04. The number of carbonyl (C=O) groups is 2. The van der Waals surface area contributed by atoms with Crippen molar-refractivity contribution in [2.24, 2.45) is 5.92 Å². The number of thioether (sulfide) groups is 1. The molecular weight excluding hydrogens is 328 g/mol. The van der Waals surface area contributed by atoms with Crippen LogP contribution >= 0.6 is 11.8 Å². The van der Waals surface area contributed by atoms with Gasteiger partial charge in [-0.25, -0.2) is 0 Å². The topological polar surface area (TPSA) is 94.3 Å². The van der Waals surface area contributed by atoms with E-state index in [-0.39, 0.29) is 34.9 Å². The second-order valence-corrected chi connectivity index (χ2v) is 7.37. The fourth-order valence-corrected chi connectivity index (χ4v) is 4.00. The molecule has 0 aromatic carbocycles. The number of aryl methyl sites for hydroxylation is 1. The number of hydrogen-bond acceptors (Lipinski definition) is 5. The van der Waals surface area contributed by atoms with E-state index >= 15 is 0 Å². The average molecular weight is 350 g/mol. The molecule has 2 fully saturated rings. The molecule has 24 heavy (non-hydrogen) atoms. The number of rotatable bonds is 4. The van der Waals surface area contributed by atoms with E-state index in [0.29, 0.717) is 19.5 Å². The molecule has 7 nitrogen and oxygen atoms in total. The number of aromatic nitrogens is 1. The van der Waals surface area contributed by atoms with Crippen LogP contribution in [0.4, 0.5) is 0 Å². The van der Waals surface area contributed by atoms with Crippen LogP contribution in [0, 0.1) is 12.8 Å². The summed E-state index contributed by atoms with van der Waals surface area (Å²) in [5.74, 6) is 1.76. The fraction of sp³-hybridized carbons (Fsp3) is 0.562. The van der Waals surface area contributed by atoms with Gasteiger partial charge >= 0.3 is 0 Å². The Hall–Kier alpha value is -1.80. The van der Waals surface area contributed by atoms with Gasteiger partial charge in [0.25, 0.3) is 11.5 Å². The second kappa shape index (κ2) is 7.40. The Kier molecular flexibility index (Phi) is 5.25. The number of hydrogen-bond donors (Lipinski definition) is 3. The zero-order valence-electron chi connectivity index (χ0n) is 13.6. The minimum Gasteiger partial charge on any atom is -0.352 e. The van der Waals surface area contributed by atoms with E-state index in [1.807, 2.05) is 4.90 Å². The van der Waals surface area contributed by atoms with Gasteiger partial charge in [0.2, 0.25) is 5.91 Å². The van der Waals surface area contributed by atoms with Crippen molar-refractivity contribution in [3.8, 4) is 0 Å². The number of carbonyl (C=O) groups excluding carboxylic acids is 2. The maximum absolute atomic E-state index is 12.3. The van der Waals surface area contributed by atoms with Crippen molar-refractivity contribution in [3.05, 3.63) is 33.7 Å². The molecule has 3 heterocycles. The molecule has 2 atom stereocenters. The summed E-state index contributed by atoms with van der Waals surface area (Å²) in [5.41, 5.74) is 0.461. The molecule has 2 unspecified atom stereocenters. The lowest BCUT2D eigenvalue weighted by molar-refractivity contribution is -0.131. The molecule has 1 aromatic rings. The Morgan fingerprint density at radius 3 is 2.96 bits per heavy atom. The van der Waals surface area contributed by atoms with Crippen molar-refractivity contribution < 1.29 is 9.59 Å². The van der Waals surface area contributed by atoms with Crippen LogP contribution in [0.25, 0.3) is 0 Å². The van der Waals surface area contributed by atoms with Crippen molar-refractivity contribution in [2.75, 3.05) is 31.3 Å². The van der Waals surface area contributed by atoms with Crippen LogP contribution in [-0.2, 0) is 4.79 Å². The molecule has 0 spiro atoms. The minimum atomic E-state index is -0.378. The van der Waals surface area contributed by atoms with E-state index in [0.717, 1.165) is 23.9 Å². The molecule has 0 aliphatic carbocycles. The second-order valence-electron chi connectivity index (χ2n) is 6.30. The normalized spacial score (nSPS) is 23.5. The molecule has 2 aliphatic rings. The van der Waals surface area contributed by atoms with Crippen molar-refractivity contribution in [2.45, 2.75) is 19.4 Å². The summed E-state index contributed by atoms with van der Waals surface area (Å²) in [6.07, 6.45) is 0.713. The van der Waals surface area contributed by atoms with E-state index in [2.05, 4.69) is 15.6 Å². The van der Waals surface area contributed by atoms with Gasteiger partial charge in [-0.3, -0.25) is 14.4 Å². The highest BCUT2D eigenvalue weighted by atomic mass is 32.2. The van der Waals surface area contributed by atoms with Crippen LogP contribution in [0.1, 0.15) is 22.5 Å². The van der Waals surface area contributed by atoms with Gasteiger partial charge in [0.15, 0.2) is 0 Å². The van der Waals surface area contributed by atoms with Crippen molar-refractivity contribution in [1.29, 1.82) is 0 Å². The maximum Gasteiger partial charge on any atom is 0.260 e. The van der Waals surface area contributed by atoms with Crippen LogP contribution < -0.4 is 16.2 Å². The predicted octanol–water partition coefficient (Wildman–Crippen LogP) is -0.0759. The Bertz CT molecular complexity index is 684. The molecular formula is C16H22N4O3S. The van der Waals surface area contributed by atoms with Gasteiger partial charge in [0.1, 0.15) is 5.56 Å². The summed E-state index contributed by atoms with van der Waals surface area (Å²) < 4.78 is 0. The summed E-state index contributed by atoms with van der Waals surface area (Å²) in [6, 6.07) is 3.08. The van der Waals surface area contributed by atoms with Crippen molar-refractivity contribution in [3.63, 3.8) is 0 Å². The number of H-pyrrole nitrogens is 1. The molecule has 2 amide bonds. The maximum atomic E-state index is 12.3. The number of pyridine rings is 1. The lowest BCUT2D eigenvalue weighted by Gasteiger charge is -2.19. The van der Waals surface area contributed by atoms with Crippen LogP contribution in [0.15, 0.2) is 16.9 Å². The van der Waals surface area contributed by atoms with E-state index in [1.165, 1.54) is 6.07 Å². The lowest BCUT2D eigenvalue weighted by Crippen LogP contribution is -2.42. The molecule has 2 aliphatic heterocycles. The molecule has 130 valence electrons. The van der Waals surface area contributed by atoms with Gasteiger partial charge in [-0.05, 0) is 31.4 Å². The van der Waals surface area contributed by atoms with Crippen LogP contribution in [0.3, 0.4) is 0 Å². The van der Waals surface area contributed by atoms with E-state index < -0.39 is 0 Å². The van der Waals surface area contributed by atoms with Crippen LogP contribution in [0.2, 0.25) is 0 Å². The number of nitrogens with one attached hydrogen (secondary N) is 3. The number of nitrogens with zero attached hydrogens (tertiary/aromatic N) is 1. The summed E-state index contributed by atoms with van der Waals surface area (Å²) in [7, 11) is 0. The summed E-state index contributed by atoms with van der Waals surface area (Å²) >= 11 is 1.77. The first-order valence-corrected chi connectivity index (χ1v) is 9.28. The molecule has 2 saturated heterocycles. The number of amides is 2. The van der Waals surface area contributed by atoms with Gasteiger partial charge in [-0.1, -0.05) is 0 Å². The molecule has 8 heteroatoms. The monoisotopic (exact) mass is 350 g/mol. The summed E-state index contributed by atoms with van der Waals surface area (Å²) in [4.78, 5) is 40.8. The van der Waals surface area contributed by atoms with E-state index in [4.69, 9.17) is 0 Å². The van der Waals surface area contributed by atoms with Crippen molar-refractivity contribution in [1.82, 2.24) is 20.5 Å². The molecule has 1 aromatic heterocycles. The van der Waals surface area contributed by atoms with E-state index in [1.54, 1.807) is 24.8 Å². The summed E-state index contributed by atoms with van der Waals surface area (Å²) in [6.45, 7) is 3.74. The predicted molar refractivity (Wildman–Crippen MR) is 93.1 cm³/mol. The molecule has 3 rings (SSSR count). The Morgan fingerprint density at radius 2 is 2.25 bits per heavy atom. The van der Waals surface area contributed by atoms with Gasteiger partial charge in [-0.2, -0.15) is 0 Å². The minimum absolute atomic E-state index is 0.119. The zero-order valence-corrected chi connectivity index (χ0v) is 14.4. The third kappa shape index (κ3) is 3.81. The van der Waals surface area contributed by atoms with Gasteiger partial charge < -0.3 is 20.5 Å². The van der Waals surface area contributed by atoms with Gasteiger partial charge in [0, 0.05) is 31.1 Å². The molecule has 0 bridgehead atoms. The molecule has 0 saturated carbocycles. The largest absolute Gasteiger partial charge is 0.352 e. The van der Waals surface area contributed by atoms with Crippen LogP contribution in [0.5, 0.6) is 0 Å². The van der Waals surface area contributed by atoms with E-state index in [9.17, 15) is 14.4 Å².